The predicted molar refractivity (Wildman–Crippen MR) is 81.5 cm³/mol. The normalized spacial score (nSPS) is 21.9. The maximum atomic E-state index is 12.6. The lowest BCUT2D eigenvalue weighted by Crippen LogP contribution is -2.55. The number of hydrogen-bond donors (Lipinski definition) is 1. The number of carbonyl (C=O) groups excluding carboxylic acids is 1. The van der Waals surface area contributed by atoms with Gasteiger partial charge in [-0.1, -0.05) is 26.0 Å². The summed E-state index contributed by atoms with van der Waals surface area (Å²) in [6.45, 7) is 6.49. The first kappa shape index (κ1) is 16.0. The highest BCUT2D eigenvalue weighted by Crippen LogP contribution is 2.23. The van der Waals surface area contributed by atoms with E-state index in [-0.39, 0.29) is 10.8 Å². The standard InChI is InChI=1S/C15H22N2O3S/c1-4-11(2)13-5-7-14(8-6-13)21(19,20)17-10-9-16-15(18)12(17)3/h5-8,11-12H,4,9-10H2,1-3H3,(H,16,18). The van der Waals surface area contributed by atoms with Gasteiger partial charge in [0.2, 0.25) is 15.9 Å². The van der Waals surface area contributed by atoms with Crippen LogP contribution < -0.4 is 5.32 Å². The van der Waals surface area contributed by atoms with Crippen LogP contribution in [-0.4, -0.2) is 37.8 Å². The van der Waals surface area contributed by atoms with Crippen LogP contribution in [0.3, 0.4) is 0 Å². The summed E-state index contributed by atoms with van der Waals surface area (Å²) in [5.41, 5.74) is 1.13. The van der Waals surface area contributed by atoms with Crippen molar-refractivity contribution in [2.75, 3.05) is 13.1 Å². The molecule has 0 aromatic heterocycles. The zero-order valence-electron chi connectivity index (χ0n) is 12.7. The van der Waals surface area contributed by atoms with Crippen molar-refractivity contribution < 1.29 is 13.2 Å². The van der Waals surface area contributed by atoms with Gasteiger partial charge in [0.25, 0.3) is 0 Å². The molecule has 2 rings (SSSR count). The Morgan fingerprint density at radius 3 is 2.52 bits per heavy atom. The monoisotopic (exact) mass is 310 g/mol. The zero-order valence-corrected chi connectivity index (χ0v) is 13.5. The number of hydrogen-bond acceptors (Lipinski definition) is 3. The second-order valence-corrected chi connectivity index (χ2v) is 7.35. The highest BCUT2D eigenvalue weighted by atomic mass is 32.2. The van der Waals surface area contributed by atoms with Gasteiger partial charge in [-0.2, -0.15) is 4.31 Å². The van der Waals surface area contributed by atoms with E-state index in [0.717, 1.165) is 12.0 Å². The van der Waals surface area contributed by atoms with Crippen LogP contribution in [0.1, 0.15) is 38.7 Å². The molecule has 0 spiro atoms. The lowest BCUT2D eigenvalue weighted by molar-refractivity contribution is -0.126. The Kier molecular flexibility index (Phi) is 4.68. The summed E-state index contributed by atoms with van der Waals surface area (Å²) in [5, 5.41) is 2.67. The van der Waals surface area contributed by atoms with Crippen molar-refractivity contribution >= 4 is 15.9 Å². The number of amides is 1. The smallest absolute Gasteiger partial charge is 0.243 e. The van der Waals surface area contributed by atoms with E-state index in [1.807, 2.05) is 12.1 Å². The summed E-state index contributed by atoms with van der Waals surface area (Å²) < 4.78 is 26.5. The summed E-state index contributed by atoms with van der Waals surface area (Å²) in [7, 11) is -3.62. The van der Waals surface area contributed by atoms with Gasteiger partial charge in [-0.25, -0.2) is 8.42 Å². The number of benzene rings is 1. The van der Waals surface area contributed by atoms with Crippen molar-refractivity contribution in [1.29, 1.82) is 0 Å². The Morgan fingerprint density at radius 1 is 1.33 bits per heavy atom. The first-order chi connectivity index (χ1) is 9.87. The van der Waals surface area contributed by atoms with E-state index in [1.54, 1.807) is 19.1 Å². The molecule has 6 heteroatoms. The third-order valence-electron chi connectivity index (χ3n) is 4.11. The summed E-state index contributed by atoms with van der Waals surface area (Å²) in [6, 6.07) is 6.32. The van der Waals surface area contributed by atoms with E-state index < -0.39 is 16.1 Å². The van der Waals surface area contributed by atoms with Gasteiger partial charge in [0.15, 0.2) is 0 Å². The fourth-order valence-electron chi connectivity index (χ4n) is 2.43. The number of sulfonamides is 1. The molecule has 0 radical (unpaired) electrons. The second kappa shape index (κ2) is 6.15. The highest BCUT2D eigenvalue weighted by molar-refractivity contribution is 7.89. The van der Waals surface area contributed by atoms with Crippen molar-refractivity contribution in [3.8, 4) is 0 Å². The summed E-state index contributed by atoms with van der Waals surface area (Å²) >= 11 is 0. The minimum Gasteiger partial charge on any atom is -0.353 e. The van der Waals surface area contributed by atoms with Crippen LogP contribution in [0.5, 0.6) is 0 Å². The van der Waals surface area contributed by atoms with Crippen LogP contribution in [0.4, 0.5) is 0 Å². The van der Waals surface area contributed by atoms with Crippen LogP contribution in [0, 0.1) is 0 Å². The fraction of sp³-hybridized carbons (Fsp3) is 0.533. The van der Waals surface area contributed by atoms with Gasteiger partial charge in [0, 0.05) is 13.1 Å². The van der Waals surface area contributed by atoms with Gasteiger partial charge in [0.05, 0.1) is 4.90 Å². The lowest BCUT2D eigenvalue weighted by Gasteiger charge is -2.31. The molecular weight excluding hydrogens is 288 g/mol. The van der Waals surface area contributed by atoms with Crippen molar-refractivity contribution in [1.82, 2.24) is 9.62 Å². The van der Waals surface area contributed by atoms with E-state index in [2.05, 4.69) is 19.2 Å². The minimum absolute atomic E-state index is 0.246. The molecule has 1 aliphatic heterocycles. The molecule has 116 valence electrons. The maximum Gasteiger partial charge on any atom is 0.243 e. The second-order valence-electron chi connectivity index (χ2n) is 5.46. The molecule has 5 nitrogen and oxygen atoms in total. The highest BCUT2D eigenvalue weighted by Gasteiger charge is 2.35. The molecule has 1 aromatic rings. The number of piperazine rings is 1. The van der Waals surface area contributed by atoms with Crippen molar-refractivity contribution in [2.24, 2.45) is 0 Å². The van der Waals surface area contributed by atoms with E-state index in [0.29, 0.717) is 19.0 Å². The van der Waals surface area contributed by atoms with Crippen LogP contribution >= 0.6 is 0 Å². The maximum absolute atomic E-state index is 12.6. The number of nitrogens with one attached hydrogen (secondary N) is 1. The molecule has 1 fully saturated rings. The van der Waals surface area contributed by atoms with E-state index in [1.165, 1.54) is 4.31 Å². The molecule has 21 heavy (non-hydrogen) atoms. The van der Waals surface area contributed by atoms with Crippen molar-refractivity contribution in [3.05, 3.63) is 29.8 Å². The Bertz CT molecular complexity index is 610. The van der Waals surface area contributed by atoms with Gasteiger partial charge >= 0.3 is 0 Å². The first-order valence-electron chi connectivity index (χ1n) is 7.27. The van der Waals surface area contributed by atoms with E-state index in [9.17, 15) is 13.2 Å². The SMILES string of the molecule is CCC(C)c1ccc(S(=O)(=O)N2CCNC(=O)C2C)cc1. The third-order valence-corrected chi connectivity index (χ3v) is 6.10. The molecule has 0 bridgehead atoms. The number of rotatable bonds is 4. The molecule has 0 aliphatic carbocycles. The lowest BCUT2D eigenvalue weighted by atomic mass is 9.99. The molecule has 2 unspecified atom stereocenters. The molecule has 1 saturated heterocycles. The van der Waals surface area contributed by atoms with Gasteiger partial charge in [-0.15, -0.1) is 0 Å². The Labute approximate surface area is 126 Å². The summed E-state index contributed by atoms with van der Waals surface area (Å²) in [6.07, 6.45) is 1.01. The molecule has 0 saturated carbocycles. The molecule has 1 aliphatic rings. The average molecular weight is 310 g/mol. The quantitative estimate of drug-likeness (QED) is 0.920. The molecule has 1 N–H and O–H groups in total. The third kappa shape index (κ3) is 3.11. The largest absolute Gasteiger partial charge is 0.353 e. The Morgan fingerprint density at radius 2 is 1.95 bits per heavy atom. The van der Waals surface area contributed by atoms with Gasteiger partial charge < -0.3 is 5.32 Å². The molecule has 1 heterocycles. The molecule has 1 aromatic carbocycles. The van der Waals surface area contributed by atoms with Crippen LogP contribution in [-0.2, 0) is 14.8 Å². The van der Waals surface area contributed by atoms with E-state index >= 15 is 0 Å². The summed E-state index contributed by atoms with van der Waals surface area (Å²) in [4.78, 5) is 11.9. The van der Waals surface area contributed by atoms with Gasteiger partial charge in [-0.05, 0) is 37.0 Å². The molecular formula is C15H22N2O3S. The van der Waals surface area contributed by atoms with Crippen molar-refractivity contribution in [3.63, 3.8) is 0 Å². The average Bonchev–Trinajstić information content (AvgIpc) is 2.49. The number of carbonyl (C=O) groups is 1. The van der Waals surface area contributed by atoms with E-state index in [4.69, 9.17) is 0 Å². The Hall–Kier alpha value is -1.40. The zero-order chi connectivity index (χ0) is 15.6. The van der Waals surface area contributed by atoms with Gasteiger partial charge in [-0.3, -0.25) is 4.79 Å². The van der Waals surface area contributed by atoms with Crippen LogP contribution in [0.2, 0.25) is 0 Å². The van der Waals surface area contributed by atoms with Crippen molar-refractivity contribution in [2.45, 2.75) is 44.0 Å². The first-order valence-corrected chi connectivity index (χ1v) is 8.71. The minimum atomic E-state index is -3.62. The molecule has 1 amide bonds. The van der Waals surface area contributed by atoms with Crippen LogP contribution in [0.15, 0.2) is 29.2 Å². The summed E-state index contributed by atoms with van der Waals surface area (Å²) in [5.74, 6) is 0.155. The Balaban J connectivity index is 2.29. The molecule has 2 atom stereocenters. The fourth-order valence-corrected chi connectivity index (χ4v) is 4.02. The predicted octanol–water partition coefficient (Wildman–Crippen LogP) is 1.71. The number of nitrogens with zero attached hydrogens (tertiary/aromatic N) is 1. The topological polar surface area (TPSA) is 66.5 Å². The van der Waals surface area contributed by atoms with Crippen LogP contribution in [0.25, 0.3) is 0 Å². The van der Waals surface area contributed by atoms with Gasteiger partial charge in [0.1, 0.15) is 6.04 Å².